The molecule has 2 amide bonds. The number of carbonyl (C=O) groups excluding carboxylic acids is 2. The standard InChI is InChI=1S/C21H23BN2O4/c25-20(23-14-22(27)28)13-19(16-8-2-1-3-9-16)24-21(26)18-12-6-10-15-7-4-5-11-17(15)18/h1-5,7-9,11-12,19,27-28H,6,10,13-14H2,(H,23,25)(H,24,26). The molecule has 0 heterocycles. The van der Waals surface area contributed by atoms with Crippen molar-refractivity contribution in [2.45, 2.75) is 25.3 Å². The highest BCUT2D eigenvalue weighted by atomic mass is 16.4. The molecular formula is C21H23BN2O4. The van der Waals surface area contributed by atoms with Crippen LogP contribution < -0.4 is 10.6 Å². The molecule has 0 spiro atoms. The molecule has 6 nitrogen and oxygen atoms in total. The van der Waals surface area contributed by atoms with Crippen molar-refractivity contribution in [3.05, 3.63) is 77.4 Å². The second-order valence-corrected chi connectivity index (χ2v) is 6.74. The third-order valence-electron chi connectivity index (χ3n) is 4.69. The molecular weight excluding hydrogens is 355 g/mol. The van der Waals surface area contributed by atoms with Gasteiger partial charge in [0.1, 0.15) is 0 Å². The summed E-state index contributed by atoms with van der Waals surface area (Å²) in [6.45, 7) is 0. The fourth-order valence-electron chi connectivity index (χ4n) is 3.33. The van der Waals surface area contributed by atoms with Crippen LogP contribution in [0.5, 0.6) is 0 Å². The van der Waals surface area contributed by atoms with E-state index in [0.717, 1.165) is 29.5 Å². The maximum atomic E-state index is 13.0. The van der Waals surface area contributed by atoms with Crippen molar-refractivity contribution in [3.63, 3.8) is 0 Å². The average molecular weight is 378 g/mol. The Morgan fingerprint density at radius 2 is 1.75 bits per heavy atom. The Bertz CT molecular complexity index is 868. The van der Waals surface area contributed by atoms with Gasteiger partial charge in [-0.3, -0.25) is 9.59 Å². The first kappa shape index (κ1) is 19.9. The molecule has 0 saturated heterocycles. The molecule has 1 aliphatic rings. The van der Waals surface area contributed by atoms with Gasteiger partial charge in [0, 0.05) is 5.57 Å². The second kappa shape index (κ2) is 9.35. The van der Waals surface area contributed by atoms with Gasteiger partial charge in [0.2, 0.25) is 5.91 Å². The van der Waals surface area contributed by atoms with E-state index in [1.54, 1.807) is 0 Å². The van der Waals surface area contributed by atoms with Crippen molar-refractivity contribution in [2.24, 2.45) is 0 Å². The SMILES string of the molecule is O=C(CC(NC(=O)C1=CCCc2ccccc21)c1ccccc1)NCB(O)O. The molecule has 0 saturated carbocycles. The Kier molecular flexibility index (Phi) is 6.63. The van der Waals surface area contributed by atoms with E-state index in [1.807, 2.05) is 60.7 Å². The Labute approximate surface area is 164 Å². The number of fused-ring (bicyclic) bond motifs is 1. The van der Waals surface area contributed by atoms with Crippen molar-refractivity contribution in [1.29, 1.82) is 0 Å². The third-order valence-corrected chi connectivity index (χ3v) is 4.69. The smallest absolute Gasteiger partial charge is 0.426 e. The number of allylic oxidation sites excluding steroid dienone is 1. The van der Waals surface area contributed by atoms with Gasteiger partial charge in [-0.15, -0.1) is 0 Å². The summed E-state index contributed by atoms with van der Waals surface area (Å²) in [4.78, 5) is 25.2. The van der Waals surface area contributed by atoms with Gasteiger partial charge >= 0.3 is 7.12 Å². The van der Waals surface area contributed by atoms with Gasteiger partial charge in [0.15, 0.2) is 0 Å². The van der Waals surface area contributed by atoms with E-state index < -0.39 is 13.2 Å². The van der Waals surface area contributed by atoms with Crippen LogP contribution >= 0.6 is 0 Å². The molecule has 1 atom stereocenters. The Balaban J connectivity index is 1.77. The summed E-state index contributed by atoms with van der Waals surface area (Å²) in [7, 11) is -1.61. The van der Waals surface area contributed by atoms with Crippen LogP contribution in [0, 0.1) is 0 Å². The lowest BCUT2D eigenvalue weighted by Gasteiger charge is -2.22. The van der Waals surface area contributed by atoms with Crippen LogP contribution in [0.25, 0.3) is 5.57 Å². The summed E-state index contributed by atoms with van der Waals surface area (Å²) in [5.74, 6) is -0.601. The number of carbonyl (C=O) groups is 2. The number of hydrogen-bond acceptors (Lipinski definition) is 4. The Morgan fingerprint density at radius 3 is 2.50 bits per heavy atom. The largest absolute Gasteiger partial charge is 0.472 e. The fourth-order valence-corrected chi connectivity index (χ4v) is 3.33. The molecule has 0 fully saturated rings. The highest BCUT2D eigenvalue weighted by Crippen LogP contribution is 2.27. The highest BCUT2D eigenvalue weighted by Gasteiger charge is 2.23. The fraction of sp³-hybridized carbons (Fsp3) is 0.238. The molecule has 7 heteroatoms. The van der Waals surface area contributed by atoms with E-state index in [0.29, 0.717) is 5.57 Å². The number of hydrogen-bond donors (Lipinski definition) is 4. The number of amides is 2. The number of rotatable bonds is 7. The van der Waals surface area contributed by atoms with Crippen molar-refractivity contribution in [2.75, 3.05) is 6.44 Å². The molecule has 2 aromatic carbocycles. The van der Waals surface area contributed by atoms with Gasteiger partial charge < -0.3 is 20.7 Å². The van der Waals surface area contributed by atoms with Crippen molar-refractivity contribution in [3.8, 4) is 0 Å². The van der Waals surface area contributed by atoms with Crippen LogP contribution in [0.2, 0.25) is 0 Å². The Morgan fingerprint density at radius 1 is 1.04 bits per heavy atom. The van der Waals surface area contributed by atoms with Gasteiger partial charge in [0.25, 0.3) is 5.91 Å². The summed E-state index contributed by atoms with van der Waals surface area (Å²) in [6, 6.07) is 16.6. The lowest BCUT2D eigenvalue weighted by molar-refractivity contribution is -0.122. The predicted molar refractivity (Wildman–Crippen MR) is 108 cm³/mol. The minimum atomic E-state index is -1.61. The first-order chi connectivity index (χ1) is 13.5. The van der Waals surface area contributed by atoms with Crippen molar-refractivity contribution in [1.82, 2.24) is 10.6 Å². The van der Waals surface area contributed by atoms with Crippen molar-refractivity contribution < 1.29 is 19.6 Å². The molecule has 0 radical (unpaired) electrons. The topological polar surface area (TPSA) is 98.7 Å². The van der Waals surface area contributed by atoms with Crippen LogP contribution in [0.4, 0.5) is 0 Å². The van der Waals surface area contributed by atoms with Crippen LogP contribution in [0.1, 0.15) is 35.6 Å². The highest BCUT2D eigenvalue weighted by molar-refractivity contribution is 6.41. The maximum Gasteiger partial charge on any atom is 0.472 e. The molecule has 1 unspecified atom stereocenters. The molecule has 28 heavy (non-hydrogen) atoms. The van der Waals surface area contributed by atoms with Gasteiger partial charge in [0.05, 0.1) is 18.9 Å². The molecule has 3 rings (SSSR count). The van der Waals surface area contributed by atoms with E-state index in [4.69, 9.17) is 10.0 Å². The first-order valence-electron chi connectivity index (χ1n) is 9.31. The molecule has 2 aromatic rings. The zero-order valence-corrected chi connectivity index (χ0v) is 15.5. The normalized spacial score (nSPS) is 13.7. The number of nitrogens with one attached hydrogen (secondary N) is 2. The first-order valence-corrected chi connectivity index (χ1v) is 9.31. The minimum Gasteiger partial charge on any atom is -0.426 e. The van der Waals surface area contributed by atoms with E-state index in [9.17, 15) is 9.59 Å². The molecule has 0 bridgehead atoms. The average Bonchev–Trinajstić information content (AvgIpc) is 2.72. The van der Waals surface area contributed by atoms with E-state index in [1.165, 1.54) is 0 Å². The van der Waals surface area contributed by atoms with Crippen molar-refractivity contribution >= 4 is 24.5 Å². The van der Waals surface area contributed by atoms with E-state index in [2.05, 4.69) is 10.6 Å². The summed E-state index contributed by atoms with van der Waals surface area (Å²) < 4.78 is 0. The molecule has 4 N–H and O–H groups in total. The Hall–Kier alpha value is -2.90. The number of benzene rings is 2. The predicted octanol–water partition coefficient (Wildman–Crippen LogP) is 1.39. The summed E-state index contributed by atoms with van der Waals surface area (Å²) in [5.41, 5.74) is 3.49. The van der Waals surface area contributed by atoms with E-state index >= 15 is 0 Å². The van der Waals surface area contributed by atoms with Crippen LogP contribution in [0.15, 0.2) is 60.7 Å². The molecule has 1 aliphatic carbocycles. The van der Waals surface area contributed by atoms with E-state index in [-0.39, 0.29) is 24.7 Å². The third kappa shape index (κ3) is 5.09. The molecule has 0 aliphatic heterocycles. The summed E-state index contributed by atoms with van der Waals surface area (Å²) in [5, 5.41) is 23.3. The van der Waals surface area contributed by atoms with Gasteiger partial charge in [-0.05, 0) is 29.5 Å². The van der Waals surface area contributed by atoms with Gasteiger partial charge in [-0.2, -0.15) is 0 Å². The summed E-state index contributed by atoms with van der Waals surface area (Å²) in [6.07, 6.45) is 3.37. The zero-order chi connectivity index (χ0) is 19.9. The lowest BCUT2D eigenvalue weighted by Crippen LogP contribution is -2.38. The molecule has 0 aromatic heterocycles. The summed E-state index contributed by atoms with van der Waals surface area (Å²) >= 11 is 0. The van der Waals surface area contributed by atoms with Gasteiger partial charge in [-0.1, -0.05) is 60.7 Å². The quantitative estimate of drug-likeness (QED) is 0.548. The monoisotopic (exact) mass is 378 g/mol. The zero-order valence-electron chi connectivity index (χ0n) is 15.5. The number of aryl methyl sites for hydroxylation is 1. The lowest BCUT2D eigenvalue weighted by atomic mass is 9.90. The maximum absolute atomic E-state index is 13.0. The molecule has 144 valence electrons. The minimum absolute atomic E-state index is 0.00258. The van der Waals surface area contributed by atoms with Crippen LogP contribution in [-0.4, -0.2) is 35.4 Å². The van der Waals surface area contributed by atoms with Crippen LogP contribution in [0.3, 0.4) is 0 Å². The second-order valence-electron chi connectivity index (χ2n) is 6.74. The van der Waals surface area contributed by atoms with Gasteiger partial charge in [-0.25, -0.2) is 0 Å². The van der Waals surface area contributed by atoms with Crippen LogP contribution in [-0.2, 0) is 16.0 Å².